The van der Waals surface area contributed by atoms with E-state index in [4.69, 9.17) is 9.40 Å². The lowest BCUT2D eigenvalue weighted by molar-refractivity contribution is 0.672. The molecule has 0 saturated carbocycles. The van der Waals surface area contributed by atoms with E-state index in [1.54, 1.807) is 0 Å². The number of imidazole rings is 1. The standard InChI is InChI=1S/C47H30N2O/c1-3-11-35(12-4-1)47-48-43-29-36(27-28-44(43)49(47)37-13-5-2-6-14-37)33-21-19-31(20-22-33)32-23-25-34(26-24-32)41-30-42-39-16-9-10-18-45(39)50-46(42)40-17-8-7-15-38(40)41/h1-30H. The second-order valence-corrected chi connectivity index (χ2v) is 12.8. The Bertz CT molecular complexity index is 2830. The smallest absolute Gasteiger partial charge is 0.145 e. The molecule has 2 aromatic heterocycles. The predicted octanol–water partition coefficient (Wildman–Crippen LogP) is 12.7. The molecule has 0 saturated heterocycles. The summed E-state index contributed by atoms with van der Waals surface area (Å²) in [6.45, 7) is 0. The van der Waals surface area contributed by atoms with Crippen molar-refractivity contribution in [3.8, 4) is 50.5 Å². The maximum Gasteiger partial charge on any atom is 0.145 e. The minimum absolute atomic E-state index is 0.919. The molecule has 0 radical (unpaired) electrons. The van der Waals surface area contributed by atoms with Gasteiger partial charge in [0.05, 0.1) is 11.0 Å². The number of hydrogen-bond acceptors (Lipinski definition) is 2. The van der Waals surface area contributed by atoms with Gasteiger partial charge >= 0.3 is 0 Å². The number of hydrogen-bond donors (Lipinski definition) is 0. The molecule has 10 rings (SSSR count). The average Bonchev–Trinajstić information content (AvgIpc) is 3.77. The van der Waals surface area contributed by atoms with Crippen molar-refractivity contribution in [1.29, 1.82) is 0 Å². The van der Waals surface area contributed by atoms with E-state index in [-0.39, 0.29) is 0 Å². The fraction of sp³-hybridized carbons (Fsp3) is 0. The highest BCUT2D eigenvalue weighted by molar-refractivity contribution is 6.19. The van der Waals surface area contributed by atoms with Crippen LogP contribution >= 0.6 is 0 Å². The van der Waals surface area contributed by atoms with Gasteiger partial charge in [-0.05, 0) is 75.2 Å². The van der Waals surface area contributed by atoms with Crippen molar-refractivity contribution in [2.45, 2.75) is 0 Å². The lowest BCUT2D eigenvalue weighted by Gasteiger charge is -2.10. The van der Waals surface area contributed by atoms with Crippen LogP contribution in [0.2, 0.25) is 0 Å². The topological polar surface area (TPSA) is 31.0 Å². The highest BCUT2D eigenvalue weighted by atomic mass is 16.3. The zero-order valence-electron chi connectivity index (χ0n) is 27.1. The first-order valence-corrected chi connectivity index (χ1v) is 17.0. The quantitative estimate of drug-likeness (QED) is 0.188. The van der Waals surface area contributed by atoms with Crippen LogP contribution in [-0.4, -0.2) is 9.55 Å². The molecule has 0 N–H and O–H groups in total. The van der Waals surface area contributed by atoms with Gasteiger partial charge in [0.2, 0.25) is 0 Å². The van der Waals surface area contributed by atoms with E-state index < -0.39 is 0 Å². The van der Waals surface area contributed by atoms with Gasteiger partial charge < -0.3 is 4.42 Å². The molecule has 0 atom stereocenters. The van der Waals surface area contributed by atoms with Crippen molar-refractivity contribution in [3.05, 3.63) is 182 Å². The van der Waals surface area contributed by atoms with E-state index in [1.165, 1.54) is 27.6 Å². The molecule has 2 heterocycles. The molecule has 3 heteroatoms. The summed E-state index contributed by atoms with van der Waals surface area (Å²) >= 11 is 0. The van der Waals surface area contributed by atoms with Crippen LogP contribution < -0.4 is 0 Å². The van der Waals surface area contributed by atoms with E-state index in [2.05, 4.69) is 162 Å². The SMILES string of the molecule is c1ccc(-c2nc3cc(-c4ccc(-c5ccc(-c6cc7c8ccccc8oc7c7ccccc67)cc5)cc4)ccc3n2-c2ccccc2)cc1. The molecule has 0 aliphatic carbocycles. The second kappa shape index (κ2) is 11.5. The Kier molecular flexibility index (Phi) is 6.49. The van der Waals surface area contributed by atoms with Crippen molar-refractivity contribution in [3.63, 3.8) is 0 Å². The van der Waals surface area contributed by atoms with Crippen molar-refractivity contribution in [2.24, 2.45) is 0 Å². The number of furan rings is 1. The molecule has 234 valence electrons. The summed E-state index contributed by atoms with van der Waals surface area (Å²) in [7, 11) is 0. The van der Waals surface area contributed by atoms with E-state index in [1.807, 2.05) is 24.3 Å². The Labute approximate surface area is 289 Å². The van der Waals surface area contributed by atoms with Crippen LogP contribution in [0.5, 0.6) is 0 Å². The zero-order chi connectivity index (χ0) is 33.0. The summed E-state index contributed by atoms with van der Waals surface area (Å²) in [5.74, 6) is 0.939. The van der Waals surface area contributed by atoms with Crippen LogP contribution in [0.1, 0.15) is 0 Å². The summed E-state index contributed by atoms with van der Waals surface area (Å²) in [5.41, 5.74) is 13.2. The number of para-hydroxylation sites is 2. The third-order valence-corrected chi connectivity index (χ3v) is 9.83. The minimum Gasteiger partial charge on any atom is -0.455 e. The Balaban J connectivity index is 0.989. The summed E-state index contributed by atoms with van der Waals surface area (Å²) in [6.07, 6.45) is 0. The van der Waals surface area contributed by atoms with Crippen LogP contribution in [0.15, 0.2) is 186 Å². The highest BCUT2D eigenvalue weighted by Gasteiger charge is 2.16. The zero-order valence-corrected chi connectivity index (χ0v) is 27.1. The number of fused-ring (bicyclic) bond motifs is 6. The van der Waals surface area contributed by atoms with Gasteiger partial charge in [0, 0.05) is 27.4 Å². The van der Waals surface area contributed by atoms with Crippen LogP contribution in [-0.2, 0) is 0 Å². The van der Waals surface area contributed by atoms with Gasteiger partial charge in [0.15, 0.2) is 0 Å². The third-order valence-electron chi connectivity index (χ3n) is 9.83. The molecule has 0 amide bonds. The number of rotatable bonds is 5. The van der Waals surface area contributed by atoms with Crippen LogP contribution in [0, 0.1) is 0 Å². The van der Waals surface area contributed by atoms with Crippen LogP contribution in [0.25, 0.3) is 94.2 Å². The maximum atomic E-state index is 6.33. The second-order valence-electron chi connectivity index (χ2n) is 12.8. The fourth-order valence-electron chi connectivity index (χ4n) is 7.36. The van der Waals surface area contributed by atoms with E-state index >= 15 is 0 Å². The molecule has 50 heavy (non-hydrogen) atoms. The molecule has 8 aromatic carbocycles. The largest absolute Gasteiger partial charge is 0.455 e. The molecule has 0 unspecified atom stereocenters. The summed E-state index contributed by atoms with van der Waals surface area (Å²) in [5, 5.41) is 4.62. The third kappa shape index (κ3) is 4.63. The Morgan fingerprint density at radius 3 is 1.68 bits per heavy atom. The Morgan fingerprint density at radius 2 is 0.960 bits per heavy atom. The summed E-state index contributed by atoms with van der Waals surface area (Å²) in [6, 6.07) is 64.4. The lowest BCUT2D eigenvalue weighted by atomic mass is 9.93. The number of aromatic nitrogens is 2. The van der Waals surface area contributed by atoms with Gasteiger partial charge in [-0.1, -0.05) is 146 Å². The molecule has 0 spiro atoms. The van der Waals surface area contributed by atoms with Crippen molar-refractivity contribution in [1.82, 2.24) is 9.55 Å². The molecule has 0 aliphatic heterocycles. The van der Waals surface area contributed by atoms with Crippen LogP contribution in [0.3, 0.4) is 0 Å². The molecule has 3 nitrogen and oxygen atoms in total. The highest BCUT2D eigenvalue weighted by Crippen LogP contribution is 2.40. The van der Waals surface area contributed by atoms with Crippen molar-refractivity contribution in [2.75, 3.05) is 0 Å². The van der Waals surface area contributed by atoms with Gasteiger partial charge in [-0.25, -0.2) is 4.98 Å². The average molecular weight is 639 g/mol. The van der Waals surface area contributed by atoms with Gasteiger partial charge in [0.1, 0.15) is 17.0 Å². The van der Waals surface area contributed by atoms with Crippen LogP contribution in [0.4, 0.5) is 0 Å². The first-order valence-electron chi connectivity index (χ1n) is 17.0. The van der Waals surface area contributed by atoms with E-state index in [0.717, 1.165) is 66.6 Å². The molecule has 10 aromatic rings. The fourth-order valence-corrected chi connectivity index (χ4v) is 7.36. The molecule has 0 fully saturated rings. The summed E-state index contributed by atoms with van der Waals surface area (Å²) in [4.78, 5) is 5.15. The Hall–Kier alpha value is -6.71. The van der Waals surface area contributed by atoms with E-state index in [0.29, 0.717) is 0 Å². The normalized spacial score (nSPS) is 11.6. The monoisotopic (exact) mass is 638 g/mol. The van der Waals surface area contributed by atoms with Crippen molar-refractivity contribution >= 4 is 43.7 Å². The van der Waals surface area contributed by atoms with Gasteiger partial charge in [-0.3, -0.25) is 4.57 Å². The molecular formula is C47H30N2O. The minimum atomic E-state index is 0.919. The molecule has 0 bridgehead atoms. The first-order chi connectivity index (χ1) is 24.8. The predicted molar refractivity (Wildman–Crippen MR) is 208 cm³/mol. The molecule has 0 aliphatic rings. The van der Waals surface area contributed by atoms with Crippen molar-refractivity contribution < 1.29 is 4.42 Å². The Morgan fingerprint density at radius 1 is 0.400 bits per heavy atom. The lowest BCUT2D eigenvalue weighted by Crippen LogP contribution is -1.97. The maximum absolute atomic E-state index is 6.33. The van der Waals surface area contributed by atoms with Gasteiger partial charge in [-0.15, -0.1) is 0 Å². The first kappa shape index (κ1) is 28.3. The number of nitrogens with zero attached hydrogens (tertiary/aromatic N) is 2. The van der Waals surface area contributed by atoms with E-state index in [9.17, 15) is 0 Å². The summed E-state index contributed by atoms with van der Waals surface area (Å²) < 4.78 is 8.58. The molecular weight excluding hydrogens is 609 g/mol. The van der Waals surface area contributed by atoms with Gasteiger partial charge in [-0.2, -0.15) is 0 Å². The van der Waals surface area contributed by atoms with Gasteiger partial charge in [0.25, 0.3) is 0 Å². The number of benzene rings is 8.